The number of hydrogen-bond donors (Lipinski definition) is 1. The Morgan fingerprint density at radius 3 is 2.64 bits per heavy atom. The van der Waals surface area contributed by atoms with Gasteiger partial charge in [-0.1, -0.05) is 37.4 Å². The van der Waals surface area contributed by atoms with Gasteiger partial charge < -0.3 is 10.2 Å². The molecule has 2 aliphatic rings. The lowest BCUT2D eigenvalue weighted by Gasteiger charge is -2.37. The van der Waals surface area contributed by atoms with Crippen LogP contribution in [0.3, 0.4) is 0 Å². The number of piperazine rings is 1. The van der Waals surface area contributed by atoms with Gasteiger partial charge in [0.2, 0.25) is 5.91 Å². The number of carbonyl (C=O) groups is 1. The molecule has 0 radical (unpaired) electrons. The van der Waals surface area contributed by atoms with Crippen molar-refractivity contribution in [3.05, 3.63) is 28.8 Å². The Kier molecular flexibility index (Phi) is 6.24. The van der Waals surface area contributed by atoms with Crippen molar-refractivity contribution in [3.8, 4) is 0 Å². The summed E-state index contributed by atoms with van der Waals surface area (Å²) in [4.78, 5) is 17.0. The van der Waals surface area contributed by atoms with Gasteiger partial charge in [-0.25, -0.2) is 0 Å². The average Bonchev–Trinajstić information content (AvgIpc) is 2.60. The molecule has 0 bridgehead atoms. The van der Waals surface area contributed by atoms with Crippen molar-refractivity contribution in [3.63, 3.8) is 0 Å². The lowest BCUT2D eigenvalue weighted by molar-refractivity contribution is -0.123. The maximum atomic E-state index is 12.4. The molecule has 1 aliphatic heterocycles. The second kappa shape index (κ2) is 8.41. The highest BCUT2D eigenvalue weighted by Crippen LogP contribution is 2.26. The van der Waals surface area contributed by atoms with Gasteiger partial charge in [-0.15, -0.1) is 0 Å². The predicted molar refractivity (Wildman–Crippen MR) is 104 cm³/mol. The van der Waals surface area contributed by atoms with Gasteiger partial charge in [0.1, 0.15) is 0 Å². The zero-order valence-electron chi connectivity index (χ0n) is 15.4. The van der Waals surface area contributed by atoms with Gasteiger partial charge in [0.05, 0.1) is 6.54 Å². The van der Waals surface area contributed by atoms with E-state index in [1.807, 2.05) is 12.1 Å². The summed E-state index contributed by atoms with van der Waals surface area (Å²) in [6, 6.07) is 6.43. The van der Waals surface area contributed by atoms with Gasteiger partial charge in [-0.05, 0) is 43.4 Å². The van der Waals surface area contributed by atoms with E-state index in [0.717, 1.165) is 37.6 Å². The molecule has 1 aromatic rings. The zero-order chi connectivity index (χ0) is 17.8. The molecule has 1 saturated carbocycles. The first kappa shape index (κ1) is 18.5. The normalized spacial score (nSPS) is 25.0. The fraction of sp³-hybridized carbons (Fsp3) is 0.650. The van der Waals surface area contributed by atoms with Gasteiger partial charge in [0.25, 0.3) is 0 Å². The van der Waals surface area contributed by atoms with Crippen molar-refractivity contribution in [1.29, 1.82) is 0 Å². The maximum Gasteiger partial charge on any atom is 0.234 e. The summed E-state index contributed by atoms with van der Waals surface area (Å²) in [6.07, 6.45) is 4.92. The highest BCUT2D eigenvalue weighted by atomic mass is 35.5. The maximum absolute atomic E-state index is 12.4. The summed E-state index contributed by atoms with van der Waals surface area (Å²) in [7, 11) is 0. The third-order valence-corrected chi connectivity index (χ3v) is 5.94. The summed E-state index contributed by atoms with van der Waals surface area (Å²) in [5, 5.41) is 4.05. The van der Waals surface area contributed by atoms with Crippen LogP contribution in [0.4, 0.5) is 5.69 Å². The first-order valence-electron chi connectivity index (χ1n) is 9.56. The van der Waals surface area contributed by atoms with E-state index in [1.165, 1.54) is 30.5 Å². The van der Waals surface area contributed by atoms with E-state index in [9.17, 15) is 4.79 Å². The van der Waals surface area contributed by atoms with Gasteiger partial charge in [0.15, 0.2) is 0 Å². The number of benzene rings is 1. The molecule has 2 atom stereocenters. The number of rotatable bonds is 4. The van der Waals surface area contributed by atoms with Crippen LogP contribution < -0.4 is 10.2 Å². The largest absolute Gasteiger partial charge is 0.369 e. The molecule has 1 amide bonds. The molecular formula is C20H30ClN3O. The van der Waals surface area contributed by atoms with E-state index in [4.69, 9.17) is 11.6 Å². The van der Waals surface area contributed by atoms with E-state index in [1.54, 1.807) is 0 Å². The Hall–Kier alpha value is -1.26. The quantitative estimate of drug-likeness (QED) is 0.889. The molecule has 1 N–H and O–H groups in total. The highest BCUT2D eigenvalue weighted by Gasteiger charge is 2.25. The van der Waals surface area contributed by atoms with Crippen molar-refractivity contribution in [2.75, 3.05) is 37.6 Å². The molecule has 0 unspecified atom stereocenters. The predicted octanol–water partition coefficient (Wildman–Crippen LogP) is 3.47. The summed E-state index contributed by atoms with van der Waals surface area (Å²) in [5.41, 5.74) is 2.47. The Bertz CT molecular complexity index is 599. The fourth-order valence-corrected chi connectivity index (χ4v) is 4.22. The molecule has 0 aromatic heterocycles. The topological polar surface area (TPSA) is 35.6 Å². The van der Waals surface area contributed by atoms with Crippen molar-refractivity contribution in [1.82, 2.24) is 10.2 Å². The van der Waals surface area contributed by atoms with Crippen LogP contribution in [0.2, 0.25) is 5.02 Å². The van der Waals surface area contributed by atoms with Crippen LogP contribution in [-0.2, 0) is 4.79 Å². The fourth-order valence-electron chi connectivity index (χ4n) is 4.06. The monoisotopic (exact) mass is 363 g/mol. The third kappa shape index (κ3) is 4.89. The first-order valence-corrected chi connectivity index (χ1v) is 9.93. The minimum atomic E-state index is 0.186. The van der Waals surface area contributed by atoms with Crippen molar-refractivity contribution in [2.24, 2.45) is 5.92 Å². The van der Waals surface area contributed by atoms with E-state index >= 15 is 0 Å². The molecule has 3 rings (SSSR count). The van der Waals surface area contributed by atoms with Gasteiger partial charge in [-0.2, -0.15) is 0 Å². The Morgan fingerprint density at radius 2 is 1.92 bits per heavy atom. The number of nitrogens with zero attached hydrogens (tertiary/aromatic N) is 2. The number of halogens is 1. The van der Waals surface area contributed by atoms with Crippen molar-refractivity contribution >= 4 is 23.2 Å². The number of anilines is 1. The summed E-state index contributed by atoms with van der Waals surface area (Å²) >= 11 is 6.15. The number of carbonyl (C=O) groups excluding carboxylic acids is 1. The molecule has 2 fully saturated rings. The van der Waals surface area contributed by atoms with Crippen LogP contribution in [0.1, 0.15) is 38.2 Å². The smallest absolute Gasteiger partial charge is 0.234 e. The minimum Gasteiger partial charge on any atom is -0.369 e. The van der Waals surface area contributed by atoms with Crippen LogP contribution in [0.5, 0.6) is 0 Å². The molecule has 1 aliphatic carbocycles. The molecule has 5 heteroatoms. The summed E-state index contributed by atoms with van der Waals surface area (Å²) in [5.74, 6) is 0.798. The number of nitrogens with one attached hydrogen (secondary N) is 1. The van der Waals surface area contributed by atoms with Crippen molar-refractivity contribution in [2.45, 2.75) is 45.6 Å². The summed E-state index contributed by atoms with van der Waals surface area (Å²) in [6.45, 7) is 8.61. The zero-order valence-corrected chi connectivity index (χ0v) is 16.2. The second-order valence-electron chi connectivity index (χ2n) is 7.63. The molecule has 1 saturated heterocycles. The van der Waals surface area contributed by atoms with E-state index < -0.39 is 0 Å². The SMILES string of the molecule is Cc1ccc(Cl)cc1N1CCN(CC(=O)N[C@@H]2CCCC[C@H]2C)CC1. The van der Waals surface area contributed by atoms with E-state index in [-0.39, 0.29) is 5.91 Å². The Balaban J connectivity index is 1.47. The van der Waals surface area contributed by atoms with Crippen molar-refractivity contribution < 1.29 is 4.79 Å². The Morgan fingerprint density at radius 1 is 1.20 bits per heavy atom. The third-order valence-electron chi connectivity index (χ3n) is 5.71. The number of amides is 1. The summed E-state index contributed by atoms with van der Waals surface area (Å²) < 4.78 is 0. The Labute approximate surface area is 156 Å². The van der Waals surface area contributed by atoms with Crippen LogP contribution in [0, 0.1) is 12.8 Å². The van der Waals surface area contributed by atoms with Gasteiger partial charge in [-0.3, -0.25) is 9.69 Å². The molecule has 138 valence electrons. The molecule has 4 nitrogen and oxygen atoms in total. The molecular weight excluding hydrogens is 334 g/mol. The minimum absolute atomic E-state index is 0.186. The first-order chi connectivity index (χ1) is 12.0. The highest BCUT2D eigenvalue weighted by molar-refractivity contribution is 6.30. The van der Waals surface area contributed by atoms with E-state index in [2.05, 4.69) is 35.0 Å². The lowest BCUT2D eigenvalue weighted by atomic mass is 9.86. The van der Waals surface area contributed by atoms with Crippen LogP contribution in [0.25, 0.3) is 0 Å². The molecule has 1 aromatic carbocycles. The van der Waals surface area contributed by atoms with Gasteiger partial charge in [0, 0.05) is 42.9 Å². The molecule has 0 spiro atoms. The lowest BCUT2D eigenvalue weighted by Crippen LogP contribution is -2.51. The van der Waals surface area contributed by atoms with E-state index in [0.29, 0.717) is 18.5 Å². The average molecular weight is 364 g/mol. The van der Waals surface area contributed by atoms with Crippen LogP contribution in [-0.4, -0.2) is 49.6 Å². The standard InChI is InChI=1S/C20H30ClN3O/c1-15-5-3-4-6-18(15)22-20(25)14-23-9-11-24(12-10-23)19-13-17(21)8-7-16(19)2/h7-8,13,15,18H,3-6,9-12,14H2,1-2H3,(H,22,25)/t15-,18-/m1/s1. The van der Waals surface area contributed by atoms with Gasteiger partial charge >= 0.3 is 0 Å². The number of aryl methyl sites for hydroxylation is 1. The van der Waals surface area contributed by atoms with Crippen LogP contribution in [0.15, 0.2) is 18.2 Å². The second-order valence-corrected chi connectivity index (χ2v) is 8.07. The number of hydrogen-bond acceptors (Lipinski definition) is 3. The molecule has 25 heavy (non-hydrogen) atoms. The van der Waals surface area contributed by atoms with Crippen LogP contribution >= 0.6 is 11.6 Å². The molecule has 1 heterocycles.